The molecule has 0 amide bonds. The molecule has 0 unspecified atom stereocenters. The summed E-state index contributed by atoms with van der Waals surface area (Å²) in [5, 5.41) is 0. The maximum Gasteiger partial charge on any atom is 0.339 e. The largest absolute Gasteiger partial charge is 0.462 e. The second kappa shape index (κ2) is 9.06. The molecule has 2 N–H and O–H groups in total. The number of hydrogen-bond acceptors (Lipinski definition) is 9. The number of ether oxygens (including phenoxy) is 2. The average Bonchev–Trinajstić information content (AvgIpc) is 2.74. The lowest BCUT2D eigenvalue weighted by Crippen LogP contribution is -2.29. The van der Waals surface area contributed by atoms with Gasteiger partial charge in [0.05, 0.1) is 35.4 Å². The van der Waals surface area contributed by atoms with E-state index in [2.05, 4.69) is 9.97 Å². The molecule has 3 rings (SSSR count). The summed E-state index contributed by atoms with van der Waals surface area (Å²) in [5.41, 5.74) is -1.78. The topological polar surface area (TPSA) is 162 Å². The van der Waals surface area contributed by atoms with E-state index < -0.39 is 33.2 Å². The minimum atomic E-state index is -4.46. The quantitative estimate of drug-likeness (QED) is 0.300. The first-order valence-electron chi connectivity index (χ1n) is 9.34. The van der Waals surface area contributed by atoms with E-state index in [1.807, 2.05) is 0 Å². The molecular weight excluding hydrogens is 444 g/mol. The SMILES string of the molecule is CCOC(=O)c1cc(OS(=O)(=O)c2ccc3[nH]c(=O)c(=O)[nH]c3c2)cc(C(=O)OCC)c1. The number of aromatic nitrogens is 2. The number of carbonyl (C=O) groups excluding carboxylic acids is 2. The van der Waals surface area contributed by atoms with Crippen LogP contribution in [0.15, 0.2) is 50.9 Å². The van der Waals surface area contributed by atoms with Gasteiger partial charge >= 0.3 is 33.2 Å². The minimum absolute atomic E-state index is 0.0618. The predicted molar refractivity (Wildman–Crippen MR) is 111 cm³/mol. The van der Waals surface area contributed by atoms with Gasteiger partial charge in [0.1, 0.15) is 10.6 Å². The lowest BCUT2D eigenvalue weighted by Gasteiger charge is -2.11. The van der Waals surface area contributed by atoms with Crippen LogP contribution in [0.25, 0.3) is 11.0 Å². The van der Waals surface area contributed by atoms with Crippen molar-refractivity contribution in [2.24, 2.45) is 0 Å². The maximum atomic E-state index is 12.8. The van der Waals surface area contributed by atoms with Gasteiger partial charge in [-0.25, -0.2) is 9.59 Å². The standard InChI is InChI=1S/C20H18N2O9S/c1-3-29-19(25)11-7-12(20(26)30-4-2)9-13(8-11)31-32(27,28)14-5-6-15-16(10-14)22-18(24)17(23)21-15/h5-10H,3-4H2,1-2H3,(H,21,23)(H,22,24). The van der Waals surface area contributed by atoms with Crippen LogP contribution in [0.4, 0.5) is 0 Å². The molecule has 0 aliphatic rings. The van der Waals surface area contributed by atoms with E-state index in [9.17, 15) is 27.6 Å². The molecule has 1 aromatic heterocycles. The zero-order chi connectivity index (χ0) is 23.5. The monoisotopic (exact) mass is 462 g/mol. The van der Waals surface area contributed by atoms with Crippen LogP contribution in [0.1, 0.15) is 34.6 Å². The maximum absolute atomic E-state index is 12.8. The number of H-pyrrole nitrogens is 2. The fourth-order valence-corrected chi connectivity index (χ4v) is 3.68. The number of carbonyl (C=O) groups is 2. The summed E-state index contributed by atoms with van der Waals surface area (Å²) in [6, 6.07) is 6.96. The van der Waals surface area contributed by atoms with Crippen molar-refractivity contribution >= 4 is 33.1 Å². The Labute approximate surface area is 181 Å². The van der Waals surface area contributed by atoms with Gasteiger partial charge in [0.2, 0.25) is 0 Å². The lowest BCUT2D eigenvalue weighted by atomic mass is 10.1. The highest BCUT2D eigenvalue weighted by molar-refractivity contribution is 7.87. The molecule has 0 bridgehead atoms. The summed E-state index contributed by atoms with van der Waals surface area (Å²) in [4.78, 5) is 51.4. The zero-order valence-corrected chi connectivity index (χ0v) is 17.8. The highest BCUT2D eigenvalue weighted by atomic mass is 32.2. The summed E-state index contributed by atoms with van der Waals surface area (Å²) in [6.07, 6.45) is 0. The Hall–Kier alpha value is -3.93. The Balaban J connectivity index is 2.03. The molecule has 0 atom stereocenters. The van der Waals surface area contributed by atoms with Gasteiger partial charge in [0.15, 0.2) is 0 Å². The Bertz CT molecular complexity index is 1380. The van der Waals surface area contributed by atoms with Crippen molar-refractivity contribution in [1.82, 2.24) is 9.97 Å². The highest BCUT2D eigenvalue weighted by Gasteiger charge is 2.21. The van der Waals surface area contributed by atoms with Gasteiger partial charge in [0, 0.05) is 0 Å². The van der Waals surface area contributed by atoms with Crippen molar-refractivity contribution in [3.05, 3.63) is 68.2 Å². The van der Waals surface area contributed by atoms with Gasteiger partial charge in [-0.15, -0.1) is 0 Å². The van der Waals surface area contributed by atoms with Crippen molar-refractivity contribution < 1.29 is 31.7 Å². The van der Waals surface area contributed by atoms with Crippen LogP contribution in [0.2, 0.25) is 0 Å². The van der Waals surface area contributed by atoms with Gasteiger partial charge in [-0.3, -0.25) is 9.59 Å². The smallest absolute Gasteiger partial charge is 0.339 e. The molecule has 0 spiro atoms. The van der Waals surface area contributed by atoms with Crippen LogP contribution >= 0.6 is 0 Å². The third-order valence-electron chi connectivity index (χ3n) is 4.12. The minimum Gasteiger partial charge on any atom is -0.462 e. The van der Waals surface area contributed by atoms with Gasteiger partial charge in [-0.05, 0) is 50.2 Å². The third kappa shape index (κ3) is 4.86. The average molecular weight is 462 g/mol. The Morgan fingerprint density at radius 1 is 0.812 bits per heavy atom. The van der Waals surface area contributed by atoms with Gasteiger partial charge in [-0.1, -0.05) is 0 Å². The summed E-state index contributed by atoms with van der Waals surface area (Å²) in [6.45, 7) is 3.31. The predicted octanol–water partition coefficient (Wildman–Crippen LogP) is 1.34. The number of rotatable bonds is 7. The fraction of sp³-hybridized carbons (Fsp3) is 0.200. The van der Waals surface area contributed by atoms with Gasteiger partial charge in [0.25, 0.3) is 0 Å². The lowest BCUT2D eigenvalue weighted by molar-refractivity contribution is 0.0524. The molecule has 1 heterocycles. The van der Waals surface area contributed by atoms with E-state index >= 15 is 0 Å². The molecule has 168 valence electrons. The first-order chi connectivity index (χ1) is 15.1. The number of hydrogen-bond donors (Lipinski definition) is 2. The van der Waals surface area contributed by atoms with Gasteiger partial charge in [-0.2, -0.15) is 8.42 Å². The summed E-state index contributed by atoms with van der Waals surface area (Å²) in [5.74, 6) is -1.89. The molecule has 11 nitrogen and oxygen atoms in total. The summed E-state index contributed by atoms with van der Waals surface area (Å²) in [7, 11) is -4.46. The van der Waals surface area contributed by atoms with Crippen molar-refractivity contribution in [3.8, 4) is 5.75 Å². The first kappa shape index (κ1) is 22.7. The van der Waals surface area contributed by atoms with E-state index in [1.54, 1.807) is 13.8 Å². The van der Waals surface area contributed by atoms with E-state index in [4.69, 9.17) is 13.7 Å². The van der Waals surface area contributed by atoms with Crippen molar-refractivity contribution in [2.75, 3.05) is 13.2 Å². The molecule has 0 aliphatic heterocycles. The molecule has 0 saturated carbocycles. The Morgan fingerprint density at radius 2 is 1.34 bits per heavy atom. The van der Waals surface area contributed by atoms with Crippen LogP contribution in [0.3, 0.4) is 0 Å². The van der Waals surface area contributed by atoms with Crippen LogP contribution in [0.5, 0.6) is 5.75 Å². The van der Waals surface area contributed by atoms with E-state index in [-0.39, 0.29) is 46.0 Å². The molecule has 0 aliphatic carbocycles. The molecular formula is C20H18N2O9S. The fourth-order valence-electron chi connectivity index (χ4n) is 2.74. The zero-order valence-electron chi connectivity index (χ0n) is 17.0. The second-order valence-corrected chi connectivity index (χ2v) is 7.89. The molecule has 0 saturated heterocycles. The number of esters is 2. The number of benzene rings is 2. The van der Waals surface area contributed by atoms with Crippen LogP contribution in [0, 0.1) is 0 Å². The second-order valence-electron chi connectivity index (χ2n) is 6.34. The van der Waals surface area contributed by atoms with Crippen molar-refractivity contribution in [1.29, 1.82) is 0 Å². The summed E-state index contributed by atoms with van der Waals surface area (Å²) < 4.78 is 40.5. The molecule has 0 radical (unpaired) electrons. The number of fused-ring (bicyclic) bond motifs is 1. The Morgan fingerprint density at radius 3 is 1.88 bits per heavy atom. The Kier molecular flexibility index (Phi) is 6.44. The van der Waals surface area contributed by atoms with Gasteiger partial charge < -0.3 is 23.6 Å². The van der Waals surface area contributed by atoms with Crippen molar-refractivity contribution in [3.63, 3.8) is 0 Å². The molecule has 3 aromatic rings. The first-order valence-corrected chi connectivity index (χ1v) is 10.8. The molecule has 0 fully saturated rings. The molecule has 2 aromatic carbocycles. The highest BCUT2D eigenvalue weighted by Crippen LogP contribution is 2.24. The summed E-state index contributed by atoms with van der Waals surface area (Å²) >= 11 is 0. The van der Waals surface area contributed by atoms with Crippen LogP contribution in [-0.2, 0) is 19.6 Å². The normalized spacial score (nSPS) is 11.2. The number of aromatic amines is 2. The third-order valence-corrected chi connectivity index (χ3v) is 5.36. The molecule has 32 heavy (non-hydrogen) atoms. The number of nitrogens with one attached hydrogen (secondary N) is 2. The van der Waals surface area contributed by atoms with E-state index in [1.165, 1.54) is 12.1 Å². The van der Waals surface area contributed by atoms with Crippen LogP contribution in [-0.4, -0.2) is 43.5 Å². The van der Waals surface area contributed by atoms with E-state index in [0.29, 0.717) is 0 Å². The van der Waals surface area contributed by atoms with Crippen molar-refractivity contribution in [2.45, 2.75) is 18.7 Å². The molecule has 12 heteroatoms. The van der Waals surface area contributed by atoms with Crippen LogP contribution < -0.4 is 15.3 Å². The van der Waals surface area contributed by atoms with E-state index in [0.717, 1.165) is 24.3 Å².